The third kappa shape index (κ3) is 3.95. The van der Waals surface area contributed by atoms with Crippen molar-refractivity contribution in [1.82, 2.24) is 9.80 Å². The summed E-state index contributed by atoms with van der Waals surface area (Å²) >= 11 is 0. The standard InChI is InChI=1S/C21H30N2O3/c24-21(25)6-5-18-15-23(8-7-20(18)22-9-11-26-12-10-22)19-13-16-3-1-2-4-17(16)14-19/h1-4,18-20H,5-15H2,(H,24,25)/t18-,20+/m0/s1. The van der Waals surface area contributed by atoms with Crippen LogP contribution in [0.1, 0.15) is 30.4 Å². The Bertz CT molecular complexity index is 604. The van der Waals surface area contributed by atoms with E-state index in [-0.39, 0.29) is 6.42 Å². The summed E-state index contributed by atoms with van der Waals surface area (Å²) in [6, 6.07) is 9.90. The second-order valence-corrected chi connectivity index (χ2v) is 8.02. The number of morpholine rings is 1. The van der Waals surface area contributed by atoms with Gasteiger partial charge < -0.3 is 9.84 Å². The van der Waals surface area contributed by atoms with Crippen molar-refractivity contribution in [2.24, 2.45) is 5.92 Å². The molecule has 2 atom stereocenters. The number of nitrogens with zero attached hydrogens (tertiary/aromatic N) is 2. The van der Waals surface area contributed by atoms with Crippen LogP contribution in [0.15, 0.2) is 24.3 Å². The molecule has 26 heavy (non-hydrogen) atoms. The third-order valence-electron chi connectivity index (χ3n) is 6.51. The van der Waals surface area contributed by atoms with Crippen LogP contribution in [0.25, 0.3) is 0 Å². The Kier molecular flexibility index (Phi) is 5.57. The summed E-state index contributed by atoms with van der Waals surface area (Å²) in [5, 5.41) is 9.19. The van der Waals surface area contributed by atoms with Crippen LogP contribution in [0.5, 0.6) is 0 Å². The number of aliphatic carboxylic acids is 1. The number of carboxylic acid groups (broad SMARTS) is 1. The number of benzene rings is 1. The average Bonchev–Trinajstić information content (AvgIpc) is 3.11. The fourth-order valence-electron chi connectivity index (χ4n) is 5.16. The second kappa shape index (κ2) is 8.07. The molecule has 4 rings (SSSR count). The molecule has 0 spiro atoms. The van der Waals surface area contributed by atoms with Crippen molar-refractivity contribution in [2.45, 2.75) is 44.2 Å². The monoisotopic (exact) mass is 358 g/mol. The van der Waals surface area contributed by atoms with Gasteiger partial charge in [0.05, 0.1) is 13.2 Å². The summed E-state index contributed by atoms with van der Waals surface area (Å²) in [4.78, 5) is 16.4. The number of hydrogen-bond donors (Lipinski definition) is 1. The predicted molar refractivity (Wildman–Crippen MR) is 100 cm³/mol. The molecule has 0 unspecified atom stereocenters. The lowest BCUT2D eigenvalue weighted by molar-refractivity contribution is -0.137. The van der Waals surface area contributed by atoms with Gasteiger partial charge in [-0.1, -0.05) is 24.3 Å². The van der Waals surface area contributed by atoms with E-state index >= 15 is 0 Å². The molecular formula is C21H30N2O3. The van der Waals surface area contributed by atoms with Gasteiger partial charge in [0.15, 0.2) is 0 Å². The van der Waals surface area contributed by atoms with Gasteiger partial charge in [-0.05, 0) is 49.3 Å². The highest BCUT2D eigenvalue weighted by Crippen LogP contribution is 2.32. The highest BCUT2D eigenvalue weighted by Gasteiger charge is 2.37. The van der Waals surface area contributed by atoms with Gasteiger partial charge in [-0.2, -0.15) is 0 Å². The molecule has 0 bridgehead atoms. The summed E-state index contributed by atoms with van der Waals surface area (Å²) < 4.78 is 5.52. The SMILES string of the molecule is O=C(O)CC[C@H]1CN(C2Cc3ccccc3C2)CC[C@H]1N1CCOCC1. The molecule has 2 fully saturated rings. The summed E-state index contributed by atoms with van der Waals surface area (Å²) in [5.41, 5.74) is 2.99. The van der Waals surface area contributed by atoms with E-state index in [1.54, 1.807) is 0 Å². The molecule has 3 aliphatic rings. The quantitative estimate of drug-likeness (QED) is 0.873. The van der Waals surface area contributed by atoms with Gasteiger partial charge in [0, 0.05) is 38.1 Å². The van der Waals surface area contributed by atoms with E-state index in [1.807, 2.05) is 0 Å². The zero-order chi connectivity index (χ0) is 17.9. The van der Waals surface area contributed by atoms with Gasteiger partial charge in [-0.15, -0.1) is 0 Å². The summed E-state index contributed by atoms with van der Waals surface area (Å²) in [6.07, 6.45) is 4.50. The molecule has 5 heteroatoms. The number of likely N-dealkylation sites (tertiary alicyclic amines) is 1. The van der Waals surface area contributed by atoms with Gasteiger partial charge >= 0.3 is 5.97 Å². The first-order valence-corrected chi connectivity index (χ1v) is 10.0. The molecule has 0 aromatic heterocycles. The number of carbonyl (C=O) groups is 1. The normalized spacial score (nSPS) is 28.2. The summed E-state index contributed by atoms with van der Waals surface area (Å²) in [6.45, 7) is 5.76. The maximum atomic E-state index is 11.2. The Morgan fingerprint density at radius 1 is 1.08 bits per heavy atom. The minimum Gasteiger partial charge on any atom is -0.481 e. The van der Waals surface area contributed by atoms with Crippen molar-refractivity contribution in [3.8, 4) is 0 Å². The Morgan fingerprint density at radius 3 is 2.42 bits per heavy atom. The van der Waals surface area contributed by atoms with Gasteiger partial charge in [-0.25, -0.2) is 0 Å². The number of rotatable bonds is 5. The Morgan fingerprint density at radius 2 is 1.77 bits per heavy atom. The molecule has 1 aliphatic carbocycles. The summed E-state index contributed by atoms with van der Waals surface area (Å²) in [7, 11) is 0. The number of fused-ring (bicyclic) bond motifs is 1. The second-order valence-electron chi connectivity index (χ2n) is 8.02. The lowest BCUT2D eigenvalue weighted by atomic mass is 9.86. The third-order valence-corrected chi connectivity index (χ3v) is 6.51. The Hall–Kier alpha value is -1.43. The van der Waals surface area contributed by atoms with Gasteiger partial charge in [0.1, 0.15) is 0 Å². The fourth-order valence-corrected chi connectivity index (χ4v) is 5.16. The number of piperidine rings is 1. The van der Waals surface area contributed by atoms with Crippen LogP contribution in [-0.4, -0.2) is 72.4 Å². The molecule has 0 amide bonds. The van der Waals surface area contributed by atoms with E-state index in [4.69, 9.17) is 4.74 Å². The minimum absolute atomic E-state index is 0.282. The van der Waals surface area contributed by atoms with Crippen molar-refractivity contribution < 1.29 is 14.6 Å². The van der Waals surface area contributed by atoms with Crippen molar-refractivity contribution in [1.29, 1.82) is 0 Å². The van der Waals surface area contributed by atoms with Crippen LogP contribution >= 0.6 is 0 Å². The number of hydrogen-bond acceptors (Lipinski definition) is 4. The molecule has 2 heterocycles. The van der Waals surface area contributed by atoms with Crippen LogP contribution in [-0.2, 0) is 22.4 Å². The largest absolute Gasteiger partial charge is 0.481 e. The van der Waals surface area contributed by atoms with Crippen molar-refractivity contribution in [2.75, 3.05) is 39.4 Å². The molecular weight excluding hydrogens is 328 g/mol. The van der Waals surface area contributed by atoms with Crippen molar-refractivity contribution >= 4 is 5.97 Å². The summed E-state index contributed by atoms with van der Waals surface area (Å²) in [5.74, 6) is -0.224. The molecule has 2 saturated heterocycles. The Balaban J connectivity index is 1.42. The zero-order valence-electron chi connectivity index (χ0n) is 15.5. The lowest BCUT2D eigenvalue weighted by Crippen LogP contribution is -2.56. The highest BCUT2D eigenvalue weighted by molar-refractivity contribution is 5.66. The molecule has 1 aromatic rings. The maximum Gasteiger partial charge on any atom is 0.303 e. The van der Waals surface area contributed by atoms with Gasteiger partial charge in [0.25, 0.3) is 0 Å². The molecule has 1 aromatic carbocycles. The minimum atomic E-state index is -0.670. The molecule has 2 aliphatic heterocycles. The van der Waals surface area contributed by atoms with Gasteiger partial charge in [0.2, 0.25) is 0 Å². The van der Waals surface area contributed by atoms with E-state index < -0.39 is 5.97 Å². The first-order chi connectivity index (χ1) is 12.7. The zero-order valence-corrected chi connectivity index (χ0v) is 15.5. The molecule has 0 saturated carbocycles. The predicted octanol–water partition coefficient (Wildman–Crippen LogP) is 2.04. The fraction of sp³-hybridized carbons (Fsp3) is 0.667. The smallest absolute Gasteiger partial charge is 0.303 e. The molecule has 0 radical (unpaired) electrons. The molecule has 1 N–H and O–H groups in total. The highest BCUT2D eigenvalue weighted by atomic mass is 16.5. The van der Waals surface area contributed by atoms with Crippen molar-refractivity contribution in [3.63, 3.8) is 0 Å². The first-order valence-electron chi connectivity index (χ1n) is 10.0. The Labute approximate surface area is 155 Å². The van der Waals surface area contributed by atoms with E-state index in [9.17, 15) is 9.90 Å². The van der Waals surface area contributed by atoms with E-state index in [1.165, 1.54) is 11.1 Å². The van der Waals surface area contributed by atoms with E-state index in [0.29, 0.717) is 18.0 Å². The van der Waals surface area contributed by atoms with Gasteiger partial charge in [-0.3, -0.25) is 14.6 Å². The lowest BCUT2D eigenvalue weighted by Gasteiger charge is -2.46. The van der Waals surface area contributed by atoms with Crippen molar-refractivity contribution in [3.05, 3.63) is 35.4 Å². The van der Waals surface area contributed by atoms with Crippen LogP contribution in [0.3, 0.4) is 0 Å². The molecule has 142 valence electrons. The van der Waals surface area contributed by atoms with Crippen LogP contribution in [0.2, 0.25) is 0 Å². The van der Waals surface area contributed by atoms with E-state index in [0.717, 1.165) is 65.1 Å². The average molecular weight is 358 g/mol. The first kappa shape index (κ1) is 18.0. The molecule has 5 nitrogen and oxygen atoms in total. The van der Waals surface area contributed by atoms with Crippen LogP contribution in [0, 0.1) is 5.92 Å². The topological polar surface area (TPSA) is 53.0 Å². The number of carboxylic acids is 1. The van der Waals surface area contributed by atoms with E-state index in [2.05, 4.69) is 34.1 Å². The van der Waals surface area contributed by atoms with Crippen LogP contribution in [0.4, 0.5) is 0 Å². The van der Waals surface area contributed by atoms with Crippen LogP contribution < -0.4 is 0 Å². The maximum absolute atomic E-state index is 11.2. The number of ether oxygens (including phenoxy) is 1.